The van der Waals surface area contributed by atoms with Crippen molar-refractivity contribution >= 4 is 5.96 Å². The normalized spacial score (nSPS) is 25.8. The summed E-state index contributed by atoms with van der Waals surface area (Å²) >= 11 is 0. The lowest BCUT2D eigenvalue weighted by atomic mass is 10.1. The van der Waals surface area contributed by atoms with E-state index in [1.807, 2.05) is 11.1 Å². The maximum Gasteiger partial charge on any atom is 0.207 e. The second kappa shape index (κ2) is 6.19. The molecule has 7 heteroatoms. The minimum atomic E-state index is -0.736. The molecule has 0 amide bonds. The Balaban J connectivity index is 2.08. The Bertz CT molecular complexity index is 370. The maximum absolute atomic E-state index is 8.79. The topological polar surface area (TPSA) is 79.1 Å². The van der Waals surface area contributed by atoms with Crippen molar-refractivity contribution in [1.29, 1.82) is 5.26 Å². The van der Waals surface area contributed by atoms with E-state index in [9.17, 15) is 0 Å². The molecular weight excluding hydrogens is 248 g/mol. The third kappa shape index (κ3) is 3.15. The van der Waals surface area contributed by atoms with Crippen LogP contribution in [0, 0.1) is 17.4 Å². The molecule has 2 aliphatic heterocycles. The fraction of sp³-hybridized carbons (Fsp3) is 0.833. The summed E-state index contributed by atoms with van der Waals surface area (Å²) in [6.45, 7) is 3.26. The third-order valence-corrected chi connectivity index (χ3v) is 3.62. The van der Waals surface area contributed by atoms with Gasteiger partial charge in [0.1, 0.15) is 0 Å². The van der Waals surface area contributed by atoms with Gasteiger partial charge in [-0.05, 0) is 6.42 Å². The number of methoxy groups -OCH3 is 2. The Hall–Kier alpha value is -1.36. The van der Waals surface area contributed by atoms with Gasteiger partial charge in [0.05, 0.1) is 19.7 Å². The summed E-state index contributed by atoms with van der Waals surface area (Å²) in [5, 5.41) is 11.4. The molecule has 0 aromatic rings. The number of guanidine groups is 1. The number of nitrogens with one attached hydrogen (secondary N) is 1. The SMILES string of the molecule is COC1(OC)CN=C(NC#N)N(CC2CCOC2)C1. The Morgan fingerprint density at radius 2 is 2.37 bits per heavy atom. The minimum absolute atomic E-state index is 0.377. The van der Waals surface area contributed by atoms with Crippen LogP contribution in [-0.4, -0.2) is 63.7 Å². The number of nitrogens with zero attached hydrogens (tertiary/aromatic N) is 3. The minimum Gasteiger partial charge on any atom is -0.381 e. The van der Waals surface area contributed by atoms with Crippen LogP contribution in [0.1, 0.15) is 6.42 Å². The predicted octanol–water partition coefficient (Wildman–Crippen LogP) is -0.246. The Morgan fingerprint density at radius 1 is 1.58 bits per heavy atom. The summed E-state index contributed by atoms with van der Waals surface area (Å²) < 4.78 is 16.3. The van der Waals surface area contributed by atoms with Crippen LogP contribution < -0.4 is 5.32 Å². The largest absolute Gasteiger partial charge is 0.381 e. The molecule has 2 rings (SSSR count). The molecule has 1 atom stereocenters. The summed E-state index contributed by atoms with van der Waals surface area (Å²) in [5.74, 6) is 0.300. The van der Waals surface area contributed by atoms with Crippen LogP contribution in [0.25, 0.3) is 0 Å². The van der Waals surface area contributed by atoms with Gasteiger partial charge >= 0.3 is 0 Å². The summed E-state index contributed by atoms with van der Waals surface area (Å²) in [4.78, 5) is 6.36. The van der Waals surface area contributed by atoms with Gasteiger partial charge in [-0.15, -0.1) is 0 Å². The summed E-state index contributed by atoms with van der Waals surface area (Å²) in [6, 6.07) is 0. The zero-order chi connectivity index (χ0) is 13.7. The van der Waals surface area contributed by atoms with Gasteiger partial charge in [0, 0.05) is 33.3 Å². The molecule has 0 saturated carbocycles. The monoisotopic (exact) mass is 268 g/mol. The average molecular weight is 268 g/mol. The lowest BCUT2D eigenvalue weighted by molar-refractivity contribution is -0.208. The Kier molecular flexibility index (Phi) is 4.58. The number of aliphatic imine (C=N–C) groups is 1. The van der Waals surface area contributed by atoms with Crippen LogP contribution in [-0.2, 0) is 14.2 Å². The van der Waals surface area contributed by atoms with E-state index in [4.69, 9.17) is 19.5 Å². The highest BCUT2D eigenvalue weighted by molar-refractivity contribution is 5.82. The van der Waals surface area contributed by atoms with Crippen molar-refractivity contribution in [3.63, 3.8) is 0 Å². The zero-order valence-electron chi connectivity index (χ0n) is 11.4. The smallest absolute Gasteiger partial charge is 0.207 e. The molecule has 0 aromatic carbocycles. The summed E-state index contributed by atoms with van der Waals surface area (Å²) in [7, 11) is 3.22. The van der Waals surface area contributed by atoms with Crippen molar-refractivity contribution in [1.82, 2.24) is 10.2 Å². The van der Waals surface area contributed by atoms with Crippen LogP contribution in [0.3, 0.4) is 0 Å². The Labute approximate surface area is 113 Å². The standard InChI is InChI=1S/C12H20N4O3/c1-17-12(18-2)7-14-11(15-9-13)16(8-12)5-10-3-4-19-6-10/h10H,3-8H2,1-2H3,(H,14,15). The van der Waals surface area contributed by atoms with Crippen LogP contribution in [0.2, 0.25) is 0 Å². The lowest BCUT2D eigenvalue weighted by Crippen LogP contribution is -2.57. The van der Waals surface area contributed by atoms with E-state index in [1.54, 1.807) is 14.2 Å². The molecule has 0 bridgehead atoms. The molecule has 1 N–H and O–H groups in total. The first-order valence-electron chi connectivity index (χ1n) is 6.35. The quantitative estimate of drug-likeness (QED) is 0.430. The molecule has 0 aliphatic carbocycles. The molecular formula is C12H20N4O3. The second-order valence-corrected chi connectivity index (χ2v) is 4.81. The average Bonchev–Trinajstić information content (AvgIpc) is 2.94. The van der Waals surface area contributed by atoms with Gasteiger partial charge in [0.15, 0.2) is 6.19 Å². The highest BCUT2D eigenvalue weighted by atomic mass is 16.7. The molecule has 1 fully saturated rings. The first kappa shape index (κ1) is 14.1. The van der Waals surface area contributed by atoms with Gasteiger partial charge in [-0.3, -0.25) is 5.32 Å². The van der Waals surface area contributed by atoms with E-state index in [0.29, 0.717) is 25.0 Å². The van der Waals surface area contributed by atoms with E-state index in [0.717, 1.165) is 26.2 Å². The van der Waals surface area contributed by atoms with Crippen molar-refractivity contribution in [2.45, 2.75) is 12.2 Å². The van der Waals surface area contributed by atoms with Crippen molar-refractivity contribution in [2.75, 3.05) is 47.1 Å². The fourth-order valence-electron chi connectivity index (χ4n) is 2.41. The van der Waals surface area contributed by atoms with E-state index < -0.39 is 5.79 Å². The first-order chi connectivity index (χ1) is 9.23. The molecule has 0 spiro atoms. The summed E-state index contributed by atoms with van der Waals surface area (Å²) in [5.41, 5.74) is 0. The first-order valence-corrected chi connectivity index (χ1v) is 6.35. The number of rotatable bonds is 4. The maximum atomic E-state index is 8.79. The zero-order valence-corrected chi connectivity index (χ0v) is 11.4. The van der Waals surface area contributed by atoms with Gasteiger partial charge in [-0.2, -0.15) is 5.26 Å². The summed E-state index contributed by atoms with van der Waals surface area (Å²) in [6.07, 6.45) is 2.95. The van der Waals surface area contributed by atoms with Crippen LogP contribution in [0.5, 0.6) is 0 Å². The second-order valence-electron chi connectivity index (χ2n) is 4.81. The highest BCUT2D eigenvalue weighted by Crippen LogP contribution is 2.22. The van der Waals surface area contributed by atoms with Gasteiger partial charge in [0.2, 0.25) is 11.7 Å². The van der Waals surface area contributed by atoms with Crippen molar-refractivity contribution in [2.24, 2.45) is 10.9 Å². The molecule has 1 unspecified atom stereocenters. The molecule has 0 aromatic heterocycles. The number of hydrogen-bond donors (Lipinski definition) is 1. The van der Waals surface area contributed by atoms with E-state index in [1.165, 1.54) is 0 Å². The lowest BCUT2D eigenvalue weighted by Gasteiger charge is -2.40. The van der Waals surface area contributed by atoms with Crippen LogP contribution >= 0.6 is 0 Å². The molecule has 106 valence electrons. The van der Waals surface area contributed by atoms with Crippen molar-refractivity contribution in [3.05, 3.63) is 0 Å². The molecule has 2 heterocycles. The van der Waals surface area contributed by atoms with Gasteiger partial charge in [-0.25, -0.2) is 4.99 Å². The number of hydrogen-bond acceptors (Lipinski definition) is 7. The Morgan fingerprint density at radius 3 is 2.95 bits per heavy atom. The fourth-order valence-corrected chi connectivity index (χ4v) is 2.41. The molecule has 2 aliphatic rings. The molecule has 19 heavy (non-hydrogen) atoms. The van der Waals surface area contributed by atoms with Crippen LogP contribution in [0.4, 0.5) is 0 Å². The van der Waals surface area contributed by atoms with E-state index in [-0.39, 0.29) is 0 Å². The van der Waals surface area contributed by atoms with Gasteiger partial charge < -0.3 is 19.1 Å². The molecule has 1 saturated heterocycles. The number of nitriles is 1. The highest BCUT2D eigenvalue weighted by Gasteiger charge is 2.38. The predicted molar refractivity (Wildman–Crippen MR) is 68.3 cm³/mol. The van der Waals surface area contributed by atoms with Crippen molar-refractivity contribution in [3.8, 4) is 6.19 Å². The third-order valence-electron chi connectivity index (χ3n) is 3.62. The van der Waals surface area contributed by atoms with Crippen LogP contribution in [0.15, 0.2) is 4.99 Å². The van der Waals surface area contributed by atoms with E-state index >= 15 is 0 Å². The molecule has 7 nitrogen and oxygen atoms in total. The number of ether oxygens (including phenoxy) is 3. The van der Waals surface area contributed by atoms with Gasteiger partial charge in [0.25, 0.3) is 0 Å². The van der Waals surface area contributed by atoms with Gasteiger partial charge in [-0.1, -0.05) is 0 Å². The van der Waals surface area contributed by atoms with Crippen molar-refractivity contribution < 1.29 is 14.2 Å². The molecule has 0 radical (unpaired) electrons. The van der Waals surface area contributed by atoms with E-state index in [2.05, 4.69) is 10.3 Å².